The van der Waals surface area contributed by atoms with Crippen LogP contribution in [-0.4, -0.2) is 17.4 Å². The predicted molar refractivity (Wildman–Crippen MR) is 89.8 cm³/mol. The SMILES string of the molecule is CCCNC(=O)c1cc(-c2ccc(F)cc2)nc2ccccc12. The normalized spacial score (nSPS) is 10.7. The van der Waals surface area contributed by atoms with Gasteiger partial charge in [0.05, 0.1) is 16.8 Å². The Bertz CT molecular complexity index is 844. The van der Waals surface area contributed by atoms with Gasteiger partial charge in [0.25, 0.3) is 5.91 Å². The highest BCUT2D eigenvalue weighted by atomic mass is 19.1. The first-order valence-corrected chi connectivity index (χ1v) is 7.63. The summed E-state index contributed by atoms with van der Waals surface area (Å²) in [5.74, 6) is -0.413. The van der Waals surface area contributed by atoms with E-state index in [2.05, 4.69) is 10.3 Å². The van der Waals surface area contributed by atoms with Crippen molar-refractivity contribution in [2.24, 2.45) is 0 Å². The summed E-state index contributed by atoms with van der Waals surface area (Å²) in [4.78, 5) is 17.1. The van der Waals surface area contributed by atoms with Gasteiger partial charge in [0.15, 0.2) is 0 Å². The molecule has 0 radical (unpaired) electrons. The van der Waals surface area contributed by atoms with E-state index < -0.39 is 0 Å². The molecule has 1 aromatic heterocycles. The van der Waals surface area contributed by atoms with E-state index in [-0.39, 0.29) is 11.7 Å². The molecule has 116 valence electrons. The van der Waals surface area contributed by atoms with Gasteiger partial charge in [-0.3, -0.25) is 4.79 Å². The van der Waals surface area contributed by atoms with Crippen molar-refractivity contribution in [3.63, 3.8) is 0 Å². The first kappa shape index (κ1) is 15.2. The molecule has 23 heavy (non-hydrogen) atoms. The van der Waals surface area contributed by atoms with Crippen LogP contribution < -0.4 is 5.32 Å². The van der Waals surface area contributed by atoms with E-state index in [0.29, 0.717) is 17.8 Å². The fraction of sp³-hybridized carbons (Fsp3) is 0.158. The van der Waals surface area contributed by atoms with Gasteiger partial charge in [0, 0.05) is 17.5 Å². The number of rotatable bonds is 4. The Labute approximate surface area is 134 Å². The van der Waals surface area contributed by atoms with Crippen LogP contribution in [0, 0.1) is 5.82 Å². The van der Waals surface area contributed by atoms with Gasteiger partial charge in [-0.2, -0.15) is 0 Å². The van der Waals surface area contributed by atoms with Gasteiger partial charge in [-0.1, -0.05) is 25.1 Å². The molecule has 3 nitrogen and oxygen atoms in total. The zero-order chi connectivity index (χ0) is 16.2. The van der Waals surface area contributed by atoms with Crippen LogP contribution >= 0.6 is 0 Å². The second kappa shape index (κ2) is 6.57. The summed E-state index contributed by atoms with van der Waals surface area (Å²) in [7, 11) is 0. The maximum absolute atomic E-state index is 13.1. The van der Waals surface area contributed by atoms with Crippen molar-refractivity contribution < 1.29 is 9.18 Å². The van der Waals surface area contributed by atoms with Crippen LogP contribution in [0.4, 0.5) is 4.39 Å². The Morgan fingerprint density at radius 1 is 1.13 bits per heavy atom. The molecule has 0 saturated heterocycles. The standard InChI is InChI=1S/C19H17FN2O/c1-2-11-21-19(23)16-12-18(13-7-9-14(20)10-8-13)22-17-6-4-3-5-15(16)17/h3-10,12H,2,11H2,1H3,(H,21,23). The van der Waals surface area contributed by atoms with Crippen LogP contribution in [0.5, 0.6) is 0 Å². The lowest BCUT2D eigenvalue weighted by Crippen LogP contribution is -2.24. The molecule has 1 amide bonds. The number of nitrogens with zero attached hydrogens (tertiary/aromatic N) is 1. The van der Waals surface area contributed by atoms with Gasteiger partial charge in [0.2, 0.25) is 0 Å². The van der Waals surface area contributed by atoms with Crippen LogP contribution in [0.3, 0.4) is 0 Å². The average molecular weight is 308 g/mol. The van der Waals surface area contributed by atoms with Crippen molar-refractivity contribution in [3.05, 3.63) is 66.0 Å². The number of benzene rings is 2. The Balaban J connectivity index is 2.13. The van der Waals surface area contributed by atoms with Crippen LogP contribution in [0.2, 0.25) is 0 Å². The summed E-state index contributed by atoms with van der Waals surface area (Å²) in [6.45, 7) is 2.64. The smallest absolute Gasteiger partial charge is 0.252 e. The number of hydrogen-bond donors (Lipinski definition) is 1. The molecule has 3 rings (SSSR count). The molecule has 0 saturated carbocycles. The minimum absolute atomic E-state index is 0.117. The zero-order valence-corrected chi connectivity index (χ0v) is 12.8. The number of nitrogens with one attached hydrogen (secondary N) is 1. The molecule has 0 aliphatic heterocycles. The highest BCUT2D eigenvalue weighted by molar-refractivity contribution is 6.07. The quantitative estimate of drug-likeness (QED) is 0.785. The molecule has 1 N–H and O–H groups in total. The van der Waals surface area contributed by atoms with Crippen molar-refractivity contribution >= 4 is 16.8 Å². The molecule has 0 aliphatic carbocycles. The molecular weight excluding hydrogens is 291 g/mol. The number of halogens is 1. The fourth-order valence-electron chi connectivity index (χ4n) is 2.47. The van der Waals surface area contributed by atoms with Crippen LogP contribution in [0.1, 0.15) is 23.7 Å². The Hall–Kier alpha value is -2.75. The minimum Gasteiger partial charge on any atom is -0.352 e. The third kappa shape index (κ3) is 3.21. The van der Waals surface area contributed by atoms with E-state index in [9.17, 15) is 9.18 Å². The lowest BCUT2D eigenvalue weighted by atomic mass is 10.0. The summed E-state index contributed by atoms with van der Waals surface area (Å²) in [5.41, 5.74) is 2.77. The van der Waals surface area contributed by atoms with E-state index in [1.165, 1.54) is 12.1 Å². The molecular formula is C19H17FN2O. The van der Waals surface area contributed by atoms with Crippen molar-refractivity contribution in [3.8, 4) is 11.3 Å². The van der Waals surface area contributed by atoms with E-state index in [0.717, 1.165) is 22.9 Å². The highest BCUT2D eigenvalue weighted by Gasteiger charge is 2.13. The van der Waals surface area contributed by atoms with E-state index in [1.807, 2.05) is 31.2 Å². The number of pyridine rings is 1. The summed E-state index contributed by atoms with van der Waals surface area (Å²) < 4.78 is 13.1. The van der Waals surface area contributed by atoms with Crippen molar-refractivity contribution in [1.29, 1.82) is 0 Å². The average Bonchev–Trinajstić information content (AvgIpc) is 2.59. The summed E-state index contributed by atoms with van der Waals surface area (Å²) >= 11 is 0. The highest BCUT2D eigenvalue weighted by Crippen LogP contribution is 2.25. The first-order valence-electron chi connectivity index (χ1n) is 7.63. The van der Waals surface area contributed by atoms with Crippen molar-refractivity contribution in [2.75, 3.05) is 6.54 Å². The molecule has 2 aromatic carbocycles. The maximum Gasteiger partial charge on any atom is 0.252 e. The Morgan fingerprint density at radius 3 is 2.61 bits per heavy atom. The van der Waals surface area contributed by atoms with Gasteiger partial charge >= 0.3 is 0 Å². The maximum atomic E-state index is 13.1. The van der Waals surface area contributed by atoms with Gasteiger partial charge in [0.1, 0.15) is 5.82 Å². The second-order valence-electron chi connectivity index (χ2n) is 5.33. The van der Waals surface area contributed by atoms with Crippen LogP contribution in [0.25, 0.3) is 22.2 Å². The molecule has 4 heteroatoms. The van der Waals surface area contributed by atoms with Crippen molar-refractivity contribution in [2.45, 2.75) is 13.3 Å². The van der Waals surface area contributed by atoms with Gasteiger partial charge in [-0.15, -0.1) is 0 Å². The fourth-order valence-corrected chi connectivity index (χ4v) is 2.47. The van der Waals surface area contributed by atoms with E-state index in [1.54, 1.807) is 18.2 Å². The number of carbonyl (C=O) groups excluding carboxylic acids is 1. The lowest BCUT2D eigenvalue weighted by Gasteiger charge is -2.10. The summed E-state index contributed by atoms with van der Waals surface area (Å²) in [6, 6.07) is 15.4. The second-order valence-corrected chi connectivity index (χ2v) is 5.33. The molecule has 0 aliphatic rings. The van der Waals surface area contributed by atoms with E-state index >= 15 is 0 Å². The van der Waals surface area contributed by atoms with Gasteiger partial charge in [-0.25, -0.2) is 9.37 Å². The number of para-hydroxylation sites is 1. The van der Waals surface area contributed by atoms with E-state index in [4.69, 9.17) is 0 Å². The lowest BCUT2D eigenvalue weighted by molar-refractivity contribution is 0.0955. The third-order valence-corrected chi connectivity index (χ3v) is 3.64. The largest absolute Gasteiger partial charge is 0.352 e. The van der Waals surface area contributed by atoms with Crippen molar-refractivity contribution in [1.82, 2.24) is 10.3 Å². The molecule has 1 heterocycles. The number of aromatic nitrogens is 1. The number of amides is 1. The molecule has 0 bridgehead atoms. The number of carbonyl (C=O) groups is 1. The first-order chi connectivity index (χ1) is 11.2. The minimum atomic E-state index is -0.296. The molecule has 0 atom stereocenters. The molecule has 3 aromatic rings. The van der Waals surface area contributed by atoms with Gasteiger partial charge < -0.3 is 5.32 Å². The molecule has 0 spiro atoms. The molecule has 0 fully saturated rings. The summed E-state index contributed by atoms with van der Waals surface area (Å²) in [6.07, 6.45) is 0.875. The summed E-state index contributed by atoms with van der Waals surface area (Å²) in [5, 5.41) is 3.71. The Kier molecular flexibility index (Phi) is 4.33. The molecule has 0 unspecified atom stereocenters. The van der Waals surface area contributed by atoms with Crippen LogP contribution in [0.15, 0.2) is 54.6 Å². The Morgan fingerprint density at radius 2 is 1.87 bits per heavy atom. The number of hydrogen-bond acceptors (Lipinski definition) is 2. The predicted octanol–water partition coefficient (Wildman–Crippen LogP) is 4.18. The monoisotopic (exact) mass is 308 g/mol. The number of fused-ring (bicyclic) bond motifs is 1. The third-order valence-electron chi connectivity index (χ3n) is 3.64. The van der Waals surface area contributed by atoms with Crippen LogP contribution in [-0.2, 0) is 0 Å². The van der Waals surface area contributed by atoms with Gasteiger partial charge in [-0.05, 0) is 42.8 Å². The zero-order valence-electron chi connectivity index (χ0n) is 12.8. The topological polar surface area (TPSA) is 42.0 Å².